The van der Waals surface area contributed by atoms with Gasteiger partial charge in [0.05, 0.1) is 25.4 Å². The number of aromatic nitrogens is 1. The van der Waals surface area contributed by atoms with Crippen molar-refractivity contribution in [3.8, 4) is 17.0 Å². The van der Waals surface area contributed by atoms with Crippen molar-refractivity contribution >= 4 is 17.7 Å². The highest BCUT2D eigenvalue weighted by atomic mass is 32.2. The Morgan fingerprint density at radius 1 is 1.12 bits per heavy atom. The van der Waals surface area contributed by atoms with E-state index in [9.17, 15) is 19.4 Å². The molecule has 5 rings (SSSR count). The Morgan fingerprint density at radius 2 is 1.88 bits per heavy atom. The molecule has 0 saturated heterocycles. The van der Waals surface area contributed by atoms with Crippen molar-refractivity contribution in [2.45, 2.75) is 62.8 Å². The molecule has 0 fully saturated rings. The van der Waals surface area contributed by atoms with E-state index in [-0.39, 0.29) is 18.7 Å². The molecule has 1 aliphatic heterocycles. The molecule has 42 heavy (non-hydrogen) atoms. The first kappa shape index (κ1) is 30.2. The first-order chi connectivity index (χ1) is 20.3. The number of amides is 1. The Labute approximate surface area is 250 Å². The third kappa shape index (κ3) is 7.21. The smallest absolute Gasteiger partial charge is 0.224 e. The second-order valence-corrected chi connectivity index (χ2v) is 12.3. The summed E-state index contributed by atoms with van der Waals surface area (Å²) in [7, 11) is 1.58. The minimum Gasteiger partial charge on any atom is -0.481 e. The molecule has 0 unspecified atom stereocenters. The molecule has 1 aromatic heterocycles. The molecular formula is C33H38FN3O4S. The fourth-order valence-electron chi connectivity index (χ4n) is 5.80. The van der Waals surface area contributed by atoms with Crippen molar-refractivity contribution in [2.24, 2.45) is 11.7 Å². The van der Waals surface area contributed by atoms with Gasteiger partial charge in [-0.1, -0.05) is 42.5 Å². The number of hydrogen-bond acceptors (Lipinski definition) is 7. The molecule has 2 heterocycles. The van der Waals surface area contributed by atoms with E-state index in [0.717, 1.165) is 40.9 Å². The Balaban J connectivity index is 1.26. The third-order valence-electron chi connectivity index (χ3n) is 8.25. The van der Waals surface area contributed by atoms with Gasteiger partial charge in [0.1, 0.15) is 5.82 Å². The molecule has 0 spiro atoms. The van der Waals surface area contributed by atoms with Crippen molar-refractivity contribution in [2.75, 3.05) is 12.9 Å². The SMILES string of the molecule is COc1ccc(-c2ccc(C[C@H](N)[C@@H](O)C[C@@H](Cc3ccccc3F)C(=O)N[C@H]3C4=C(CC[C@H]3O)SCC4)cc2)cn1. The number of hydrogen-bond donors (Lipinski definition) is 4. The van der Waals surface area contributed by atoms with Crippen LogP contribution >= 0.6 is 11.8 Å². The summed E-state index contributed by atoms with van der Waals surface area (Å²) in [4.78, 5) is 19.2. The number of allylic oxidation sites excluding steroid dienone is 1. The van der Waals surface area contributed by atoms with Gasteiger partial charge in [-0.2, -0.15) is 0 Å². The molecular weight excluding hydrogens is 553 g/mol. The van der Waals surface area contributed by atoms with Crippen molar-refractivity contribution < 1.29 is 24.1 Å². The zero-order valence-electron chi connectivity index (χ0n) is 23.7. The lowest BCUT2D eigenvalue weighted by Gasteiger charge is -2.32. The van der Waals surface area contributed by atoms with Crippen molar-refractivity contribution in [1.29, 1.82) is 0 Å². The number of nitrogens with two attached hydrogens (primary N) is 1. The van der Waals surface area contributed by atoms with Gasteiger partial charge in [0.2, 0.25) is 11.8 Å². The van der Waals surface area contributed by atoms with Crippen LogP contribution in [0.15, 0.2) is 77.3 Å². The van der Waals surface area contributed by atoms with Crippen LogP contribution in [-0.2, 0) is 17.6 Å². The maximum absolute atomic E-state index is 14.6. The molecule has 7 nitrogen and oxygen atoms in total. The van der Waals surface area contributed by atoms with E-state index >= 15 is 0 Å². The molecule has 9 heteroatoms. The highest BCUT2D eigenvalue weighted by Gasteiger charge is 2.36. The molecule has 0 radical (unpaired) electrons. The summed E-state index contributed by atoms with van der Waals surface area (Å²) < 4.78 is 19.7. The summed E-state index contributed by atoms with van der Waals surface area (Å²) in [6, 6.07) is 16.9. The number of aliphatic hydroxyl groups is 2. The number of carbonyl (C=O) groups is 1. The summed E-state index contributed by atoms with van der Waals surface area (Å²) in [5.41, 5.74) is 10.9. The largest absolute Gasteiger partial charge is 0.481 e. The Hall–Kier alpha value is -3.24. The Kier molecular flexibility index (Phi) is 9.95. The van der Waals surface area contributed by atoms with Gasteiger partial charge in [0, 0.05) is 35.5 Å². The molecule has 2 aliphatic rings. The van der Waals surface area contributed by atoms with E-state index in [1.165, 1.54) is 11.0 Å². The lowest BCUT2D eigenvalue weighted by Crippen LogP contribution is -2.49. The normalized spacial score (nSPS) is 20.5. The molecule has 5 N–H and O–H groups in total. The number of thioether (sulfide) groups is 1. The average molecular weight is 592 g/mol. The maximum atomic E-state index is 14.6. The molecule has 3 aromatic rings. The maximum Gasteiger partial charge on any atom is 0.224 e. The number of nitrogens with one attached hydrogen (secondary N) is 1. The van der Waals surface area contributed by atoms with Gasteiger partial charge in [-0.3, -0.25) is 4.79 Å². The van der Waals surface area contributed by atoms with Crippen LogP contribution in [-0.4, -0.2) is 58.3 Å². The molecule has 1 aliphatic carbocycles. The molecule has 0 bridgehead atoms. The van der Waals surface area contributed by atoms with Crippen LogP contribution in [0.2, 0.25) is 0 Å². The lowest BCUT2D eigenvalue weighted by atomic mass is 9.86. The average Bonchev–Trinajstić information content (AvgIpc) is 3.49. The Morgan fingerprint density at radius 3 is 2.60 bits per heavy atom. The number of rotatable bonds is 11. The minimum absolute atomic E-state index is 0.0698. The summed E-state index contributed by atoms with van der Waals surface area (Å²) >= 11 is 1.79. The standard InChI is InChI=1S/C33H38FN3O4S/c1-41-31-13-10-23(19-36-31)21-8-6-20(7-9-21)16-27(35)29(39)18-24(17-22-4-2-3-5-26(22)34)33(40)37-32-25-14-15-42-30(25)12-11-28(32)38/h2-10,13,19,24,27-29,32,38-39H,11-12,14-18,35H2,1H3,(H,37,40)/t24-,27+,28-,29+,32+/m1/s1. The first-order valence-corrected chi connectivity index (χ1v) is 15.4. The molecule has 2 aromatic carbocycles. The fourth-order valence-corrected chi connectivity index (χ4v) is 7.05. The predicted molar refractivity (Wildman–Crippen MR) is 163 cm³/mol. The highest BCUT2D eigenvalue weighted by Crippen LogP contribution is 2.41. The van der Waals surface area contributed by atoms with Crippen LogP contribution < -0.4 is 15.8 Å². The zero-order valence-corrected chi connectivity index (χ0v) is 24.5. The van der Waals surface area contributed by atoms with Crippen LogP contribution in [0.3, 0.4) is 0 Å². The number of methoxy groups -OCH3 is 1. The molecule has 5 atom stereocenters. The van der Waals surface area contributed by atoms with Crippen LogP contribution in [0.25, 0.3) is 11.1 Å². The Bertz CT molecular complexity index is 1400. The van der Waals surface area contributed by atoms with Gasteiger partial charge in [0.15, 0.2) is 0 Å². The van der Waals surface area contributed by atoms with E-state index in [4.69, 9.17) is 10.5 Å². The summed E-state index contributed by atoms with van der Waals surface area (Å²) in [5.74, 6) is 0.0769. The van der Waals surface area contributed by atoms with Crippen molar-refractivity contribution in [3.05, 3.63) is 94.3 Å². The second kappa shape index (κ2) is 13.8. The summed E-state index contributed by atoms with van der Waals surface area (Å²) in [6.45, 7) is 0. The number of benzene rings is 2. The number of pyridine rings is 1. The van der Waals surface area contributed by atoms with Crippen LogP contribution in [0.4, 0.5) is 4.39 Å². The summed E-state index contributed by atoms with van der Waals surface area (Å²) in [6.07, 6.45) is 2.95. The minimum atomic E-state index is -0.994. The van der Waals surface area contributed by atoms with Crippen molar-refractivity contribution in [3.63, 3.8) is 0 Å². The first-order valence-electron chi connectivity index (χ1n) is 14.4. The number of aliphatic hydroxyl groups excluding tert-OH is 2. The van der Waals surface area contributed by atoms with Crippen LogP contribution in [0, 0.1) is 11.7 Å². The fraction of sp³-hybridized carbons (Fsp3) is 0.394. The van der Waals surface area contributed by atoms with Crippen molar-refractivity contribution in [1.82, 2.24) is 10.3 Å². The molecule has 1 amide bonds. The van der Waals surface area contributed by atoms with Gasteiger partial charge < -0.3 is 26.0 Å². The van der Waals surface area contributed by atoms with Crippen LogP contribution in [0.1, 0.15) is 36.8 Å². The third-order valence-corrected chi connectivity index (χ3v) is 9.47. The highest BCUT2D eigenvalue weighted by molar-refractivity contribution is 8.03. The predicted octanol–water partition coefficient (Wildman–Crippen LogP) is 4.41. The van der Waals surface area contributed by atoms with E-state index in [1.807, 2.05) is 30.3 Å². The van der Waals surface area contributed by atoms with Gasteiger partial charge in [-0.15, -0.1) is 11.8 Å². The van der Waals surface area contributed by atoms with Gasteiger partial charge in [-0.25, -0.2) is 9.37 Å². The van der Waals surface area contributed by atoms with Gasteiger partial charge >= 0.3 is 0 Å². The van der Waals surface area contributed by atoms with E-state index in [2.05, 4.69) is 10.3 Å². The quantitative estimate of drug-likeness (QED) is 0.261. The number of carbonyl (C=O) groups excluding carboxylic acids is 1. The topological polar surface area (TPSA) is 118 Å². The number of nitrogens with zero attached hydrogens (tertiary/aromatic N) is 1. The van der Waals surface area contributed by atoms with E-state index in [1.54, 1.807) is 49.3 Å². The second-order valence-electron chi connectivity index (χ2n) is 11.1. The molecule has 0 saturated carbocycles. The van der Waals surface area contributed by atoms with Gasteiger partial charge in [-0.05, 0) is 77.8 Å². The zero-order chi connectivity index (χ0) is 29.6. The van der Waals surface area contributed by atoms with E-state index < -0.39 is 36.0 Å². The van der Waals surface area contributed by atoms with Gasteiger partial charge in [0.25, 0.3) is 0 Å². The summed E-state index contributed by atoms with van der Waals surface area (Å²) in [5, 5.41) is 24.9. The number of ether oxygens (including phenoxy) is 1. The van der Waals surface area contributed by atoms with E-state index in [0.29, 0.717) is 24.3 Å². The van der Waals surface area contributed by atoms with Crippen LogP contribution in [0.5, 0.6) is 5.88 Å². The molecule has 222 valence electrons. The number of halogens is 1. The lowest BCUT2D eigenvalue weighted by molar-refractivity contribution is -0.127. The monoisotopic (exact) mass is 591 g/mol.